The fourth-order valence-corrected chi connectivity index (χ4v) is 6.02. The van der Waals surface area contributed by atoms with E-state index < -0.39 is 18.0 Å². The van der Waals surface area contributed by atoms with Crippen molar-refractivity contribution in [2.45, 2.75) is 26.8 Å². The largest absolute Gasteiger partial charge is 0.493 e. The maximum absolute atomic E-state index is 13.9. The predicted molar refractivity (Wildman–Crippen MR) is 159 cm³/mol. The molecule has 4 aromatic rings. The summed E-state index contributed by atoms with van der Waals surface area (Å²) in [6.07, 6.45) is 1.61. The van der Waals surface area contributed by atoms with Gasteiger partial charge in [-0.05, 0) is 55.8 Å². The highest BCUT2D eigenvalue weighted by Crippen LogP contribution is 2.37. The van der Waals surface area contributed by atoms with E-state index in [-0.39, 0.29) is 29.2 Å². The number of hydrogen-bond donors (Lipinski definition) is 0. The van der Waals surface area contributed by atoms with Gasteiger partial charge in [0.25, 0.3) is 5.56 Å². The average molecular weight is 628 g/mol. The van der Waals surface area contributed by atoms with Crippen molar-refractivity contribution in [2.75, 3.05) is 13.7 Å². The van der Waals surface area contributed by atoms with Gasteiger partial charge >= 0.3 is 11.9 Å². The third kappa shape index (κ3) is 5.53. The Morgan fingerprint density at radius 3 is 2.64 bits per heavy atom. The quantitative estimate of drug-likeness (QED) is 0.202. The molecule has 0 radical (unpaired) electrons. The molecule has 5 rings (SSSR count). The number of thiazole rings is 1. The Hall–Kier alpha value is -4.12. The van der Waals surface area contributed by atoms with Gasteiger partial charge in [0.2, 0.25) is 0 Å². The van der Waals surface area contributed by atoms with Gasteiger partial charge in [0.05, 0.1) is 45.6 Å². The number of aromatic nitrogens is 1. The molecular weight excluding hydrogens is 603 g/mol. The summed E-state index contributed by atoms with van der Waals surface area (Å²) in [6.45, 7) is 4.80. The van der Waals surface area contributed by atoms with E-state index in [1.165, 1.54) is 18.6 Å². The Kier molecular flexibility index (Phi) is 8.40. The molecule has 9 nitrogen and oxygen atoms in total. The highest BCUT2D eigenvalue weighted by atomic mass is 35.5. The molecule has 0 saturated carbocycles. The molecule has 2 aromatic heterocycles. The van der Waals surface area contributed by atoms with Crippen molar-refractivity contribution >= 4 is 52.6 Å². The monoisotopic (exact) mass is 626 g/mol. The summed E-state index contributed by atoms with van der Waals surface area (Å²) in [4.78, 5) is 43.6. The van der Waals surface area contributed by atoms with Crippen LogP contribution in [0.1, 0.15) is 38.1 Å². The minimum Gasteiger partial charge on any atom is -0.493 e. The molecule has 0 amide bonds. The van der Waals surface area contributed by atoms with Gasteiger partial charge in [-0.3, -0.25) is 14.2 Å². The molecule has 1 aliphatic heterocycles. The number of esters is 2. The lowest BCUT2D eigenvalue weighted by Crippen LogP contribution is -2.39. The van der Waals surface area contributed by atoms with Crippen molar-refractivity contribution in [1.82, 2.24) is 4.57 Å². The first-order valence-corrected chi connectivity index (χ1v) is 14.3. The number of allylic oxidation sites excluding steroid dienone is 1. The van der Waals surface area contributed by atoms with E-state index in [1.807, 2.05) is 0 Å². The molecule has 0 N–H and O–H groups in total. The molecule has 0 aliphatic carbocycles. The Balaban J connectivity index is 1.65. The number of nitrogens with zero attached hydrogens (tertiary/aromatic N) is 2. The number of rotatable bonds is 7. The lowest BCUT2D eigenvalue weighted by Gasteiger charge is -2.25. The number of carbonyl (C=O) groups excluding carboxylic acids is 2. The van der Waals surface area contributed by atoms with Gasteiger partial charge in [-0.2, -0.15) is 0 Å². The van der Waals surface area contributed by atoms with E-state index >= 15 is 0 Å². The van der Waals surface area contributed by atoms with Crippen molar-refractivity contribution in [3.63, 3.8) is 0 Å². The van der Waals surface area contributed by atoms with E-state index in [1.54, 1.807) is 68.5 Å². The molecule has 0 bridgehead atoms. The lowest BCUT2D eigenvalue weighted by molar-refractivity contribution is -0.139. The SMILES string of the molecule is CCOC(=O)C1=C(C)N=c2s/c(=C\c3ccc(-c4cccc(Cl)c4Cl)o3)c(=O)n2C1c1ccc(OC(C)=O)c(OC)c1. The van der Waals surface area contributed by atoms with Crippen molar-refractivity contribution in [3.8, 4) is 22.8 Å². The highest BCUT2D eigenvalue weighted by Gasteiger charge is 2.34. The summed E-state index contributed by atoms with van der Waals surface area (Å²) >= 11 is 13.7. The van der Waals surface area contributed by atoms with Crippen LogP contribution in [0.5, 0.6) is 11.5 Å². The van der Waals surface area contributed by atoms with Crippen LogP contribution in [0.3, 0.4) is 0 Å². The van der Waals surface area contributed by atoms with Gasteiger partial charge < -0.3 is 18.6 Å². The molecule has 0 saturated heterocycles. The predicted octanol–water partition coefficient (Wildman–Crippen LogP) is 5.30. The smallest absolute Gasteiger partial charge is 0.338 e. The number of hydrogen-bond acceptors (Lipinski definition) is 9. The summed E-state index contributed by atoms with van der Waals surface area (Å²) < 4.78 is 23.8. The second-order valence-electron chi connectivity index (χ2n) is 9.11. The Morgan fingerprint density at radius 2 is 1.93 bits per heavy atom. The van der Waals surface area contributed by atoms with Crippen LogP contribution in [0.2, 0.25) is 10.0 Å². The molecule has 2 aromatic carbocycles. The van der Waals surface area contributed by atoms with Gasteiger partial charge in [-0.25, -0.2) is 9.79 Å². The van der Waals surface area contributed by atoms with E-state index in [0.717, 1.165) is 11.3 Å². The third-order valence-electron chi connectivity index (χ3n) is 6.39. The number of methoxy groups -OCH3 is 1. The Morgan fingerprint density at radius 1 is 1.14 bits per heavy atom. The molecular formula is C30H24Cl2N2O7S. The fourth-order valence-electron chi connectivity index (χ4n) is 4.60. The Bertz CT molecular complexity index is 1940. The van der Waals surface area contributed by atoms with Gasteiger partial charge in [0, 0.05) is 18.6 Å². The van der Waals surface area contributed by atoms with Gasteiger partial charge in [-0.15, -0.1) is 0 Å². The van der Waals surface area contributed by atoms with Crippen LogP contribution in [0.25, 0.3) is 17.4 Å². The maximum Gasteiger partial charge on any atom is 0.338 e. The second-order valence-corrected chi connectivity index (χ2v) is 10.9. The number of furan rings is 1. The van der Waals surface area contributed by atoms with Crippen LogP contribution in [0.15, 0.2) is 74.0 Å². The maximum atomic E-state index is 13.9. The van der Waals surface area contributed by atoms with Crippen molar-refractivity contribution < 1.29 is 28.2 Å². The number of carbonyl (C=O) groups is 2. The zero-order valence-electron chi connectivity index (χ0n) is 22.9. The zero-order chi connectivity index (χ0) is 30.1. The first kappa shape index (κ1) is 29.4. The molecule has 216 valence electrons. The number of fused-ring (bicyclic) bond motifs is 1. The Labute approximate surface area is 253 Å². The fraction of sp³-hybridized carbons (Fsp3) is 0.200. The van der Waals surface area contributed by atoms with Gasteiger partial charge in [0.1, 0.15) is 11.5 Å². The summed E-state index contributed by atoms with van der Waals surface area (Å²) in [6, 6.07) is 12.6. The minimum absolute atomic E-state index is 0.138. The number of benzene rings is 2. The summed E-state index contributed by atoms with van der Waals surface area (Å²) in [5.74, 6) is 0.237. The minimum atomic E-state index is -0.889. The molecule has 1 aliphatic rings. The molecule has 3 heterocycles. The summed E-state index contributed by atoms with van der Waals surface area (Å²) in [5.41, 5.74) is 1.37. The molecule has 42 heavy (non-hydrogen) atoms. The molecule has 0 fully saturated rings. The van der Waals surface area contributed by atoms with Crippen LogP contribution in [0, 0.1) is 0 Å². The van der Waals surface area contributed by atoms with Gasteiger partial charge in [-0.1, -0.05) is 46.7 Å². The van der Waals surface area contributed by atoms with E-state index in [4.69, 9.17) is 41.8 Å². The van der Waals surface area contributed by atoms with Crippen LogP contribution in [-0.2, 0) is 14.3 Å². The van der Waals surface area contributed by atoms with Crippen LogP contribution < -0.4 is 24.4 Å². The number of ether oxygens (including phenoxy) is 3. The van der Waals surface area contributed by atoms with Crippen molar-refractivity contribution in [3.05, 3.63) is 101 Å². The van der Waals surface area contributed by atoms with Gasteiger partial charge in [0.15, 0.2) is 16.3 Å². The molecule has 1 atom stereocenters. The first-order chi connectivity index (χ1) is 20.1. The normalized spacial score (nSPS) is 14.8. The van der Waals surface area contributed by atoms with E-state index in [0.29, 0.717) is 47.7 Å². The number of halogens is 2. The van der Waals surface area contributed by atoms with Crippen LogP contribution >= 0.6 is 34.5 Å². The van der Waals surface area contributed by atoms with E-state index in [2.05, 4.69) is 4.99 Å². The standard InChI is InChI=1S/C30H24Cl2N2O7S/c1-5-39-29(37)25-15(2)33-30-34(27(25)17-9-11-22(40-16(3)35)23(13-17)38-4)28(36)24(42-30)14-18-10-12-21(41-18)19-7-6-8-20(31)26(19)32/h6-14,27H,5H2,1-4H3/b24-14-. The third-order valence-corrected chi connectivity index (χ3v) is 8.19. The lowest BCUT2D eigenvalue weighted by atomic mass is 9.95. The first-order valence-electron chi connectivity index (χ1n) is 12.7. The average Bonchev–Trinajstić information content (AvgIpc) is 3.53. The highest BCUT2D eigenvalue weighted by molar-refractivity contribution is 7.07. The second kappa shape index (κ2) is 12.0. The zero-order valence-corrected chi connectivity index (χ0v) is 25.2. The molecule has 1 unspecified atom stereocenters. The molecule has 0 spiro atoms. The summed E-state index contributed by atoms with van der Waals surface area (Å²) in [5, 5.41) is 0.752. The topological polar surface area (TPSA) is 109 Å². The van der Waals surface area contributed by atoms with E-state index in [9.17, 15) is 14.4 Å². The molecule has 12 heteroatoms. The van der Waals surface area contributed by atoms with Crippen molar-refractivity contribution in [1.29, 1.82) is 0 Å². The van der Waals surface area contributed by atoms with Crippen LogP contribution in [0.4, 0.5) is 0 Å². The van der Waals surface area contributed by atoms with Crippen molar-refractivity contribution in [2.24, 2.45) is 4.99 Å². The summed E-state index contributed by atoms with van der Waals surface area (Å²) in [7, 11) is 1.43. The van der Waals surface area contributed by atoms with Crippen LogP contribution in [-0.4, -0.2) is 30.2 Å².